The minimum atomic E-state index is -0.905. The van der Waals surface area contributed by atoms with Crippen LogP contribution in [-0.4, -0.2) is 57.0 Å². The van der Waals surface area contributed by atoms with Gasteiger partial charge in [-0.05, 0) is 64.1 Å². The van der Waals surface area contributed by atoms with E-state index in [1.54, 1.807) is 78.3 Å². The van der Waals surface area contributed by atoms with E-state index < -0.39 is 34.5 Å². The van der Waals surface area contributed by atoms with Gasteiger partial charge in [-0.3, -0.25) is 14.9 Å². The van der Waals surface area contributed by atoms with Gasteiger partial charge in [0, 0.05) is 40.6 Å². The molecule has 0 radical (unpaired) electrons. The number of amides is 2. The first-order valence-corrected chi connectivity index (χ1v) is 18.8. The SMILES string of the molecule is CC(C)(N)C(N)=O.COc1cc2ncnc(Nc3cccc(Cl)c3F)c2cc1CCl.COc1cc2ncnc(Nc3cccc(Cl)c3F)c2cc1CNC(C)(C)C(N)=O.Cl. The van der Waals surface area contributed by atoms with E-state index in [1.807, 2.05) is 12.1 Å². The van der Waals surface area contributed by atoms with Crippen LogP contribution in [0.1, 0.15) is 38.8 Å². The van der Waals surface area contributed by atoms with Crippen LogP contribution in [0.2, 0.25) is 10.0 Å². The highest BCUT2D eigenvalue weighted by Crippen LogP contribution is 2.33. The number of benzene rings is 4. The number of primary amides is 2. The first kappa shape index (κ1) is 49.0. The van der Waals surface area contributed by atoms with Crippen molar-refractivity contribution in [1.29, 1.82) is 0 Å². The molecule has 6 rings (SSSR count). The van der Waals surface area contributed by atoms with Crippen molar-refractivity contribution < 1.29 is 27.8 Å². The van der Waals surface area contributed by atoms with Gasteiger partial charge >= 0.3 is 0 Å². The van der Waals surface area contributed by atoms with Crippen LogP contribution >= 0.6 is 47.2 Å². The van der Waals surface area contributed by atoms with Crippen LogP contribution in [0, 0.1) is 11.6 Å². The van der Waals surface area contributed by atoms with Gasteiger partial charge in [-0.2, -0.15) is 0 Å². The average Bonchev–Trinajstić information content (AvgIpc) is 3.20. The van der Waals surface area contributed by atoms with Crippen LogP contribution in [0.5, 0.6) is 11.5 Å². The van der Waals surface area contributed by atoms with Gasteiger partial charge in [0.05, 0.1) is 63.6 Å². The van der Waals surface area contributed by atoms with E-state index in [-0.39, 0.29) is 39.7 Å². The molecule has 0 saturated heterocycles. The molecule has 320 valence electrons. The summed E-state index contributed by atoms with van der Waals surface area (Å²) in [7, 11) is 3.12. The summed E-state index contributed by atoms with van der Waals surface area (Å²) < 4.78 is 39.1. The number of halogens is 6. The van der Waals surface area contributed by atoms with Crippen LogP contribution in [0.3, 0.4) is 0 Å². The number of fused-ring (bicyclic) bond motifs is 2. The number of carbonyl (C=O) groups is 2. The molecular formula is C40H44Cl4F2N10O4. The van der Waals surface area contributed by atoms with Crippen molar-refractivity contribution in [2.24, 2.45) is 17.2 Å². The number of anilines is 4. The molecule has 0 aliphatic heterocycles. The number of ether oxygens (including phenoxy) is 2. The second-order valence-corrected chi connectivity index (χ2v) is 14.9. The Bertz CT molecular complexity index is 2480. The molecule has 14 nitrogen and oxygen atoms in total. The van der Waals surface area contributed by atoms with Crippen LogP contribution in [-0.2, 0) is 22.0 Å². The molecule has 0 saturated carbocycles. The molecule has 0 fully saturated rings. The Labute approximate surface area is 366 Å². The smallest absolute Gasteiger partial charge is 0.237 e. The minimum absolute atomic E-state index is 0. The Morgan fingerprint density at radius 1 is 0.717 bits per heavy atom. The summed E-state index contributed by atoms with van der Waals surface area (Å²) in [4.78, 5) is 38.6. The maximum absolute atomic E-state index is 14.3. The number of rotatable bonds is 12. The van der Waals surface area contributed by atoms with Gasteiger partial charge in [-0.1, -0.05) is 35.3 Å². The molecule has 20 heteroatoms. The summed E-state index contributed by atoms with van der Waals surface area (Å²) in [6.45, 7) is 6.83. The van der Waals surface area contributed by atoms with Gasteiger partial charge in [0.15, 0.2) is 11.6 Å². The van der Waals surface area contributed by atoms with E-state index in [1.165, 1.54) is 24.8 Å². The maximum atomic E-state index is 14.3. The van der Waals surface area contributed by atoms with E-state index in [9.17, 15) is 18.4 Å². The van der Waals surface area contributed by atoms with Crippen LogP contribution < -0.4 is 42.6 Å². The summed E-state index contributed by atoms with van der Waals surface area (Å²) in [5.74, 6) is 0.326. The van der Waals surface area contributed by atoms with Crippen molar-refractivity contribution in [3.63, 3.8) is 0 Å². The molecular weight excluding hydrogens is 864 g/mol. The lowest BCUT2D eigenvalue weighted by molar-refractivity contribution is -0.123. The number of nitrogens with two attached hydrogens (primary N) is 3. The Balaban J connectivity index is 0.000000277. The van der Waals surface area contributed by atoms with Crippen molar-refractivity contribution >= 4 is 104 Å². The zero-order chi connectivity index (χ0) is 43.7. The quantitative estimate of drug-likeness (QED) is 0.0643. The van der Waals surface area contributed by atoms with Crippen molar-refractivity contribution in [3.05, 3.63) is 106 Å². The summed E-state index contributed by atoms with van der Waals surface area (Å²) >= 11 is 17.6. The van der Waals surface area contributed by atoms with Crippen LogP contribution in [0.15, 0.2) is 73.3 Å². The first-order chi connectivity index (χ1) is 27.8. The van der Waals surface area contributed by atoms with Gasteiger partial charge in [0.1, 0.15) is 35.8 Å². The van der Waals surface area contributed by atoms with Crippen molar-refractivity contribution in [1.82, 2.24) is 25.3 Å². The van der Waals surface area contributed by atoms with Crippen molar-refractivity contribution in [2.45, 2.75) is 51.2 Å². The van der Waals surface area contributed by atoms with Crippen LogP contribution in [0.25, 0.3) is 21.8 Å². The Kier molecular flexibility index (Phi) is 17.4. The van der Waals surface area contributed by atoms with E-state index in [4.69, 9.17) is 61.5 Å². The molecule has 2 aromatic heterocycles. The molecule has 0 unspecified atom stereocenters. The number of alkyl halides is 1. The third-order valence-electron chi connectivity index (χ3n) is 8.60. The first-order valence-electron chi connectivity index (χ1n) is 17.6. The minimum Gasteiger partial charge on any atom is -0.496 e. The normalized spacial score (nSPS) is 11.0. The highest BCUT2D eigenvalue weighted by atomic mass is 35.5. The topological polar surface area (TPSA) is 218 Å². The lowest BCUT2D eigenvalue weighted by atomic mass is 10.0. The Morgan fingerprint density at radius 3 is 1.52 bits per heavy atom. The number of aromatic nitrogens is 4. The number of carbonyl (C=O) groups excluding carboxylic acids is 2. The fraction of sp³-hybridized carbons (Fsp3) is 0.250. The molecule has 60 heavy (non-hydrogen) atoms. The van der Waals surface area contributed by atoms with Gasteiger partial charge in [-0.25, -0.2) is 28.7 Å². The number of nitrogens with one attached hydrogen (secondary N) is 3. The molecule has 0 spiro atoms. The average molecular weight is 909 g/mol. The van der Waals surface area contributed by atoms with E-state index in [0.29, 0.717) is 51.5 Å². The predicted octanol–water partition coefficient (Wildman–Crippen LogP) is 8.07. The zero-order valence-corrected chi connectivity index (χ0v) is 36.4. The lowest BCUT2D eigenvalue weighted by Crippen LogP contribution is -2.50. The molecule has 0 atom stereocenters. The summed E-state index contributed by atoms with van der Waals surface area (Å²) in [5.41, 5.74) is 16.9. The van der Waals surface area contributed by atoms with Crippen LogP contribution in [0.4, 0.5) is 31.8 Å². The van der Waals surface area contributed by atoms with E-state index in [2.05, 4.69) is 35.9 Å². The monoisotopic (exact) mass is 906 g/mol. The summed E-state index contributed by atoms with van der Waals surface area (Å²) in [5, 5.41) is 10.4. The lowest BCUT2D eigenvalue weighted by Gasteiger charge is -2.23. The molecule has 0 aliphatic carbocycles. The van der Waals surface area contributed by atoms with E-state index >= 15 is 0 Å². The van der Waals surface area contributed by atoms with Gasteiger partial charge in [0.2, 0.25) is 11.8 Å². The summed E-state index contributed by atoms with van der Waals surface area (Å²) in [6, 6.07) is 16.6. The highest BCUT2D eigenvalue weighted by molar-refractivity contribution is 6.31. The fourth-order valence-corrected chi connectivity index (χ4v) is 5.50. The maximum Gasteiger partial charge on any atom is 0.237 e. The number of hydrogen-bond acceptors (Lipinski definition) is 12. The van der Waals surface area contributed by atoms with Gasteiger partial charge in [-0.15, -0.1) is 24.0 Å². The second kappa shape index (κ2) is 21.2. The third kappa shape index (κ3) is 12.3. The third-order valence-corrected chi connectivity index (χ3v) is 9.47. The molecule has 2 heterocycles. The number of hydrogen-bond donors (Lipinski definition) is 6. The van der Waals surface area contributed by atoms with Crippen molar-refractivity contribution in [3.8, 4) is 11.5 Å². The number of nitrogens with zero attached hydrogens (tertiary/aromatic N) is 4. The fourth-order valence-electron chi connectivity index (χ4n) is 4.94. The standard InChI is InChI=1S/C20H21ClFN5O2.C16H12Cl2FN3O.C4H10N2O.ClH/c1-20(2,19(23)28)26-9-11-7-12-15(8-16(11)29-3)24-10-25-18(12)27-14-6-4-5-13(21)17(14)22;1-23-14-6-13-10(5-9(14)7-17)16(21-8-20-13)22-12-4-2-3-11(18)15(12)19;1-4(2,6)3(5)7;/h4-8,10,26H,9H2,1-3H3,(H2,23,28)(H,24,25,27);2-6,8H,7H2,1H3,(H,20,21,22);6H2,1-2H3,(H2,5,7);1H. The number of methoxy groups -OCH3 is 2. The van der Waals surface area contributed by atoms with Gasteiger partial charge in [0.25, 0.3) is 0 Å². The largest absolute Gasteiger partial charge is 0.496 e. The Morgan fingerprint density at radius 2 is 1.13 bits per heavy atom. The predicted molar refractivity (Wildman–Crippen MR) is 236 cm³/mol. The van der Waals surface area contributed by atoms with Crippen molar-refractivity contribution in [2.75, 3.05) is 24.9 Å². The second-order valence-electron chi connectivity index (χ2n) is 13.8. The summed E-state index contributed by atoms with van der Waals surface area (Å²) in [6.07, 6.45) is 2.77. The molecule has 2 amide bonds. The van der Waals surface area contributed by atoms with Gasteiger partial charge < -0.3 is 37.3 Å². The molecule has 6 aromatic rings. The highest BCUT2D eigenvalue weighted by Gasteiger charge is 2.25. The van der Waals surface area contributed by atoms with E-state index in [0.717, 1.165) is 11.1 Å². The Hall–Kier alpha value is -5.36. The molecule has 0 bridgehead atoms. The molecule has 9 N–H and O–H groups in total. The zero-order valence-electron chi connectivity index (χ0n) is 33.3. The molecule has 0 aliphatic rings. The molecule has 4 aromatic carbocycles.